The van der Waals surface area contributed by atoms with Gasteiger partial charge in [0.25, 0.3) is 0 Å². The van der Waals surface area contributed by atoms with Crippen LogP contribution in [0.3, 0.4) is 0 Å². The number of aromatic hydroxyl groups is 2. The molecule has 0 aromatic heterocycles. The molecule has 96 valence electrons. The molecule has 0 unspecified atom stereocenters. The molecule has 0 bridgehead atoms. The highest BCUT2D eigenvalue weighted by Gasteiger charge is 2.22. The van der Waals surface area contributed by atoms with Crippen LogP contribution >= 0.6 is 0 Å². The molecule has 0 saturated heterocycles. The summed E-state index contributed by atoms with van der Waals surface area (Å²) < 4.78 is 0. The SMILES string of the molecule is Oc1ccc([C@@H]2CC(c3ccccc3O)=NN2)cc1. The predicted octanol–water partition coefficient (Wildman–Crippen LogP) is 2.54. The molecule has 0 saturated carbocycles. The van der Waals surface area contributed by atoms with Crippen LogP contribution in [0.5, 0.6) is 11.5 Å². The summed E-state index contributed by atoms with van der Waals surface area (Å²) in [7, 11) is 0. The van der Waals surface area contributed by atoms with Crippen LogP contribution in [0.1, 0.15) is 23.6 Å². The lowest BCUT2D eigenvalue weighted by Gasteiger charge is -2.10. The molecule has 4 nitrogen and oxygen atoms in total. The van der Waals surface area contributed by atoms with Crippen molar-refractivity contribution in [1.82, 2.24) is 5.43 Å². The number of benzene rings is 2. The summed E-state index contributed by atoms with van der Waals surface area (Å²) in [5.74, 6) is 0.498. The minimum Gasteiger partial charge on any atom is -0.508 e. The Kier molecular flexibility index (Phi) is 2.83. The van der Waals surface area contributed by atoms with Crippen molar-refractivity contribution in [3.8, 4) is 11.5 Å². The highest BCUT2D eigenvalue weighted by Crippen LogP contribution is 2.28. The number of para-hydroxylation sites is 1. The van der Waals surface area contributed by atoms with Gasteiger partial charge in [-0.15, -0.1) is 0 Å². The second-order valence-electron chi connectivity index (χ2n) is 4.55. The van der Waals surface area contributed by atoms with Crippen molar-refractivity contribution in [2.45, 2.75) is 12.5 Å². The zero-order chi connectivity index (χ0) is 13.2. The fraction of sp³-hybridized carbons (Fsp3) is 0.133. The normalized spacial score (nSPS) is 17.9. The van der Waals surface area contributed by atoms with E-state index in [2.05, 4.69) is 10.5 Å². The maximum Gasteiger partial charge on any atom is 0.124 e. The van der Waals surface area contributed by atoms with Gasteiger partial charge in [0.05, 0.1) is 11.8 Å². The van der Waals surface area contributed by atoms with Gasteiger partial charge in [0.2, 0.25) is 0 Å². The molecular weight excluding hydrogens is 240 g/mol. The average molecular weight is 254 g/mol. The molecule has 2 aromatic carbocycles. The Hall–Kier alpha value is -2.49. The Bertz CT molecular complexity index is 620. The second kappa shape index (κ2) is 4.65. The molecule has 3 rings (SSSR count). The van der Waals surface area contributed by atoms with Crippen LogP contribution < -0.4 is 5.43 Å². The Morgan fingerprint density at radius 2 is 1.74 bits per heavy atom. The number of hydrazone groups is 1. The first-order chi connectivity index (χ1) is 9.24. The summed E-state index contributed by atoms with van der Waals surface area (Å²) in [4.78, 5) is 0. The number of nitrogens with one attached hydrogen (secondary N) is 1. The molecule has 1 aliphatic rings. The van der Waals surface area contributed by atoms with Gasteiger partial charge in [0.1, 0.15) is 11.5 Å². The lowest BCUT2D eigenvalue weighted by Crippen LogP contribution is -2.09. The first-order valence-corrected chi connectivity index (χ1v) is 6.13. The number of nitrogens with zero attached hydrogens (tertiary/aromatic N) is 1. The van der Waals surface area contributed by atoms with Gasteiger partial charge in [0.15, 0.2) is 0 Å². The molecule has 0 fully saturated rings. The second-order valence-corrected chi connectivity index (χ2v) is 4.55. The van der Waals surface area contributed by atoms with Crippen LogP contribution in [-0.4, -0.2) is 15.9 Å². The first-order valence-electron chi connectivity index (χ1n) is 6.13. The standard InChI is InChI=1S/C15H14N2O2/c18-11-7-5-10(6-8-11)13-9-14(17-16-13)12-3-1-2-4-15(12)19/h1-8,13,16,18-19H,9H2/t13-/m0/s1. The van der Waals surface area contributed by atoms with E-state index in [1.165, 1.54) is 0 Å². The third-order valence-corrected chi connectivity index (χ3v) is 3.26. The lowest BCUT2D eigenvalue weighted by molar-refractivity contribution is 0.474. The average Bonchev–Trinajstić information content (AvgIpc) is 2.89. The van der Waals surface area contributed by atoms with Gasteiger partial charge in [-0.1, -0.05) is 24.3 Å². The molecule has 0 aliphatic carbocycles. The number of hydrogen-bond acceptors (Lipinski definition) is 4. The van der Waals surface area contributed by atoms with E-state index in [4.69, 9.17) is 0 Å². The third kappa shape index (κ3) is 2.25. The number of phenols is 2. The van der Waals surface area contributed by atoms with Crippen molar-refractivity contribution in [3.63, 3.8) is 0 Å². The molecule has 1 atom stereocenters. The Labute approximate surface area is 111 Å². The van der Waals surface area contributed by atoms with Crippen LogP contribution in [0.15, 0.2) is 53.6 Å². The van der Waals surface area contributed by atoms with Gasteiger partial charge < -0.3 is 15.6 Å². The van der Waals surface area contributed by atoms with Gasteiger partial charge in [-0.3, -0.25) is 0 Å². The van der Waals surface area contributed by atoms with Gasteiger partial charge in [-0.2, -0.15) is 5.10 Å². The van der Waals surface area contributed by atoms with Crippen LogP contribution in [0.2, 0.25) is 0 Å². The molecule has 19 heavy (non-hydrogen) atoms. The van der Waals surface area contributed by atoms with Crippen LogP contribution in [-0.2, 0) is 0 Å². The van der Waals surface area contributed by atoms with E-state index >= 15 is 0 Å². The number of hydrogen-bond donors (Lipinski definition) is 3. The fourth-order valence-corrected chi connectivity index (χ4v) is 2.23. The van der Waals surface area contributed by atoms with E-state index in [-0.39, 0.29) is 17.5 Å². The third-order valence-electron chi connectivity index (χ3n) is 3.26. The van der Waals surface area contributed by atoms with Crippen molar-refractivity contribution in [1.29, 1.82) is 0 Å². The van der Waals surface area contributed by atoms with E-state index in [0.717, 1.165) is 16.8 Å². The minimum atomic E-state index is 0.0789. The van der Waals surface area contributed by atoms with Gasteiger partial charge in [-0.05, 0) is 29.8 Å². The summed E-state index contributed by atoms with van der Waals surface area (Å²) in [6, 6.07) is 14.3. The Balaban J connectivity index is 1.80. The highest BCUT2D eigenvalue weighted by atomic mass is 16.3. The maximum atomic E-state index is 9.82. The van der Waals surface area contributed by atoms with Gasteiger partial charge >= 0.3 is 0 Å². The summed E-state index contributed by atoms with van der Waals surface area (Å²) in [5.41, 5.74) is 5.73. The smallest absolute Gasteiger partial charge is 0.124 e. The molecule has 4 heteroatoms. The van der Waals surface area contributed by atoms with Gasteiger partial charge in [-0.25, -0.2) is 0 Å². The number of rotatable bonds is 2. The molecule has 0 radical (unpaired) electrons. The maximum absolute atomic E-state index is 9.82. The summed E-state index contributed by atoms with van der Waals surface area (Å²) >= 11 is 0. The summed E-state index contributed by atoms with van der Waals surface area (Å²) in [5, 5.41) is 23.4. The molecule has 0 amide bonds. The predicted molar refractivity (Wildman–Crippen MR) is 73.2 cm³/mol. The fourth-order valence-electron chi connectivity index (χ4n) is 2.23. The lowest BCUT2D eigenvalue weighted by atomic mass is 9.98. The van der Waals surface area contributed by atoms with E-state index in [0.29, 0.717) is 6.42 Å². The van der Waals surface area contributed by atoms with E-state index in [1.54, 1.807) is 24.3 Å². The van der Waals surface area contributed by atoms with Crippen molar-refractivity contribution in [2.75, 3.05) is 0 Å². The monoisotopic (exact) mass is 254 g/mol. The topological polar surface area (TPSA) is 64.8 Å². The largest absolute Gasteiger partial charge is 0.508 e. The van der Waals surface area contributed by atoms with Crippen molar-refractivity contribution in [3.05, 3.63) is 59.7 Å². The molecule has 2 aromatic rings. The molecule has 3 N–H and O–H groups in total. The highest BCUT2D eigenvalue weighted by molar-refractivity contribution is 6.03. The van der Waals surface area contributed by atoms with Crippen LogP contribution in [0.4, 0.5) is 0 Å². The zero-order valence-electron chi connectivity index (χ0n) is 10.2. The number of phenolic OH excluding ortho intramolecular Hbond substituents is 2. The molecule has 0 spiro atoms. The van der Waals surface area contributed by atoms with Crippen molar-refractivity contribution < 1.29 is 10.2 Å². The van der Waals surface area contributed by atoms with E-state index in [9.17, 15) is 10.2 Å². The van der Waals surface area contributed by atoms with Crippen molar-refractivity contribution in [2.24, 2.45) is 5.10 Å². The Morgan fingerprint density at radius 3 is 2.47 bits per heavy atom. The Morgan fingerprint density at radius 1 is 1.00 bits per heavy atom. The molecular formula is C15H14N2O2. The minimum absolute atomic E-state index is 0.0789. The van der Waals surface area contributed by atoms with E-state index < -0.39 is 0 Å². The van der Waals surface area contributed by atoms with Crippen LogP contribution in [0, 0.1) is 0 Å². The van der Waals surface area contributed by atoms with E-state index in [1.807, 2.05) is 24.3 Å². The quantitative estimate of drug-likeness (QED) is 0.771. The molecule has 1 heterocycles. The van der Waals surface area contributed by atoms with Crippen LogP contribution in [0.25, 0.3) is 0 Å². The summed E-state index contributed by atoms with van der Waals surface area (Å²) in [6.07, 6.45) is 0.711. The zero-order valence-corrected chi connectivity index (χ0v) is 10.2. The summed E-state index contributed by atoms with van der Waals surface area (Å²) in [6.45, 7) is 0. The van der Waals surface area contributed by atoms with Crippen molar-refractivity contribution >= 4 is 5.71 Å². The van der Waals surface area contributed by atoms with Gasteiger partial charge in [0, 0.05) is 12.0 Å². The molecule has 1 aliphatic heterocycles. The first kappa shape index (κ1) is 11.6.